The molecule has 2 N–H and O–H groups in total. The molecule has 0 spiro atoms. The Hall–Kier alpha value is -5.24. The normalized spacial score (nSPS) is 11.4. The molecule has 0 saturated carbocycles. The molecule has 3 aromatic heterocycles. The van der Waals surface area contributed by atoms with Crippen LogP contribution in [0.2, 0.25) is 0 Å². The first-order valence-electron chi connectivity index (χ1n) is 12.6. The van der Waals surface area contributed by atoms with E-state index in [1.165, 1.54) is 0 Å². The molecule has 0 aliphatic heterocycles. The van der Waals surface area contributed by atoms with Crippen molar-refractivity contribution in [3.8, 4) is 39.6 Å². The number of aromatic amines is 1. The lowest BCUT2D eigenvalue weighted by Gasteiger charge is -2.19. The lowest BCUT2D eigenvalue weighted by Crippen LogP contribution is -2.32. The summed E-state index contributed by atoms with van der Waals surface area (Å²) in [5.74, 6) is 0. The summed E-state index contributed by atoms with van der Waals surface area (Å²) in [6, 6.07) is 13.3. The molecule has 0 atom stereocenters. The quantitative estimate of drug-likeness (QED) is 0.341. The van der Waals surface area contributed by atoms with Gasteiger partial charge in [0.25, 0.3) is 5.56 Å². The van der Waals surface area contributed by atoms with Crippen LogP contribution in [-0.2, 0) is 25.4 Å². The number of nitrogens with zero attached hydrogens (tertiary/aromatic N) is 6. The Kier molecular flexibility index (Phi) is 6.69. The van der Waals surface area contributed by atoms with Gasteiger partial charge in [0.1, 0.15) is 5.60 Å². The summed E-state index contributed by atoms with van der Waals surface area (Å²) in [4.78, 5) is 24.8. The summed E-state index contributed by atoms with van der Waals surface area (Å²) in [5.41, 5.74) is 4.84. The van der Waals surface area contributed by atoms with Gasteiger partial charge in [-0.15, -0.1) is 0 Å². The van der Waals surface area contributed by atoms with Gasteiger partial charge in [-0.2, -0.15) is 20.6 Å². The highest BCUT2D eigenvalue weighted by molar-refractivity contribution is 5.92. The summed E-state index contributed by atoms with van der Waals surface area (Å²) >= 11 is 0. The van der Waals surface area contributed by atoms with Crippen molar-refractivity contribution in [1.29, 1.82) is 5.26 Å². The largest absolute Gasteiger partial charge is 0.444 e. The number of aromatic nitrogens is 6. The van der Waals surface area contributed by atoms with Crippen LogP contribution in [0.3, 0.4) is 0 Å². The fourth-order valence-corrected chi connectivity index (χ4v) is 4.55. The number of H-pyrrole nitrogens is 1. The van der Waals surface area contributed by atoms with Crippen LogP contribution in [0.1, 0.15) is 32.0 Å². The van der Waals surface area contributed by atoms with Crippen LogP contribution in [0.5, 0.6) is 0 Å². The Labute approximate surface area is 230 Å². The number of amides is 1. The number of nitriles is 1. The molecule has 202 valence electrons. The number of fused-ring (bicyclic) bond motifs is 1. The molecule has 0 radical (unpaired) electrons. The Morgan fingerprint density at radius 1 is 1.02 bits per heavy atom. The minimum absolute atomic E-state index is 0.0529. The third-order valence-corrected chi connectivity index (χ3v) is 6.35. The monoisotopic (exact) mass is 536 g/mol. The molecule has 0 bridgehead atoms. The molecular formula is C29H28N8O3. The van der Waals surface area contributed by atoms with Crippen LogP contribution in [0.15, 0.2) is 59.8 Å². The first-order chi connectivity index (χ1) is 19.0. The lowest BCUT2D eigenvalue weighted by atomic mass is 9.94. The van der Waals surface area contributed by atoms with Crippen molar-refractivity contribution >= 4 is 16.9 Å². The second kappa shape index (κ2) is 10.1. The van der Waals surface area contributed by atoms with E-state index >= 15 is 0 Å². The lowest BCUT2D eigenvalue weighted by molar-refractivity contribution is 0.0523. The Balaban J connectivity index is 1.59. The van der Waals surface area contributed by atoms with E-state index in [0.717, 1.165) is 33.5 Å². The average Bonchev–Trinajstić information content (AvgIpc) is 3.52. The number of ether oxygens (including phenoxy) is 1. The maximum atomic E-state index is 12.6. The van der Waals surface area contributed by atoms with Crippen molar-refractivity contribution in [2.24, 2.45) is 14.1 Å². The third kappa shape index (κ3) is 5.19. The zero-order chi connectivity index (χ0) is 28.6. The first-order valence-corrected chi connectivity index (χ1v) is 12.6. The maximum absolute atomic E-state index is 12.6. The Morgan fingerprint density at radius 3 is 2.50 bits per heavy atom. The minimum atomic E-state index is -0.648. The topological polar surface area (TPSA) is 144 Å². The van der Waals surface area contributed by atoms with Gasteiger partial charge in [-0.1, -0.05) is 12.1 Å². The van der Waals surface area contributed by atoms with E-state index < -0.39 is 11.7 Å². The summed E-state index contributed by atoms with van der Waals surface area (Å²) < 4.78 is 8.78. The molecule has 0 fully saturated rings. The highest BCUT2D eigenvalue weighted by Gasteiger charge is 2.20. The van der Waals surface area contributed by atoms with E-state index in [1.807, 2.05) is 44.6 Å². The zero-order valence-electron chi connectivity index (χ0n) is 22.8. The summed E-state index contributed by atoms with van der Waals surface area (Å²) in [6.07, 6.45) is 4.83. The molecule has 1 amide bonds. The van der Waals surface area contributed by atoms with Crippen molar-refractivity contribution < 1.29 is 9.53 Å². The van der Waals surface area contributed by atoms with Gasteiger partial charge in [-0.3, -0.25) is 14.2 Å². The molecule has 5 aromatic rings. The van der Waals surface area contributed by atoms with Crippen LogP contribution < -0.4 is 10.9 Å². The van der Waals surface area contributed by atoms with Gasteiger partial charge < -0.3 is 10.1 Å². The van der Waals surface area contributed by atoms with Crippen molar-refractivity contribution in [2.45, 2.75) is 32.9 Å². The summed E-state index contributed by atoms with van der Waals surface area (Å²) in [6.45, 7) is 5.39. The Morgan fingerprint density at radius 2 is 1.80 bits per heavy atom. The average molecular weight is 537 g/mol. The number of benzene rings is 2. The molecule has 0 unspecified atom stereocenters. The molecule has 5 rings (SSSR count). The summed E-state index contributed by atoms with van der Waals surface area (Å²) in [7, 11) is 3.67. The SMILES string of the molecule is Cn1cc(-c2ccc(C#N)c(-c3c(-c4ccc5c(=O)[nH]nc(CNC(=O)OC(C)(C)C)c5c4)cnn3C)c2)cn1. The minimum Gasteiger partial charge on any atom is -0.444 e. The van der Waals surface area contributed by atoms with E-state index in [0.29, 0.717) is 22.0 Å². The second-order valence-electron chi connectivity index (χ2n) is 10.4. The molecule has 2 aromatic carbocycles. The molecule has 0 aliphatic rings. The van der Waals surface area contributed by atoms with Gasteiger partial charge in [0.2, 0.25) is 0 Å². The molecular weight excluding hydrogens is 508 g/mol. The van der Waals surface area contributed by atoms with Crippen LogP contribution in [-0.4, -0.2) is 41.5 Å². The molecule has 11 nitrogen and oxygen atoms in total. The first kappa shape index (κ1) is 26.4. The molecule has 40 heavy (non-hydrogen) atoms. The maximum Gasteiger partial charge on any atom is 0.407 e. The number of alkyl carbamates (subject to hydrolysis) is 1. The fourth-order valence-electron chi connectivity index (χ4n) is 4.55. The van der Waals surface area contributed by atoms with Gasteiger partial charge >= 0.3 is 6.09 Å². The standard InChI is InChI=1S/C29H28N8O3/c1-29(2,3)40-28(39)31-15-25-23-11-18(8-9-21(23)27(38)35-34-25)24-14-33-37(5)26(24)22-10-17(6-7-19(22)12-30)20-13-32-36(4)16-20/h6-11,13-14,16H,15H2,1-5H3,(H,31,39)(H,35,38). The van der Waals surface area contributed by atoms with Crippen molar-refractivity contribution in [3.63, 3.8) is 0 Å². The van der Waals surface area contributed by atoms with Crippen molar-refractivity contribution in [2.75, 3.05) is 0 Å². The number of rotatable bonds is 5. The molecule has 0 saturated heterocycles. The van der Waals surface area contributed by atoms with Crippen LogP contribution in [0.25, 0.3) is 44.3 Å². The van der Waals surface area contributed by atoms with Gasteiger partial charge in [0, 0.05) is 42.4 Å². The van der Waals surface area contributed by atoms with Gasteiger partial charge in [-0.25, -0.2) is 9.89 Å². The number of carbonyl (C=O) groups excluding carboxylic acids is 1. The fraction of sp³-hybridized carbons (Fsp3) is 0.241. The molecule has 11 heteroatoms. The van der Waals surface area contributed by atoms with Crippen molar-refractivity contribution in [3.05, 3.63) is 76.6 Å². The van der Waals surface area contributed by atoms with Gasteiger partial charge in [0.05, 0.1) is 47.3 Å². The Bertz CT molecular complexity index is 1850. The number of carbonyl (C=O) groups is 1. The van der Waals surface area contributed by atoms with E-state index in [4.69, 9.17) is 4.74 Å². The van der Waals surface area contributed by atoms with Gasteiger partial charge in [-0.05, 0) is 56.2 Å². The second-order valence-corrected chi connectivity index (χ2v) is 10.4. The highest BCUT2D eigenvalue weighted by Crippen LogP contribution is 2.37. The van der Waals surface area contributed by atoms with Gasteiger partial charge in [0.15, 0.2) is 0 Å². The van der Waals surface area contributed by atoms with Crippen molar-refractivity contribution in [1.82, 2.24) is 35.1 Å². The van der Waals surface area contributed by atoms with E-state index in [-0.39, 0.29) is 12.1 Å². The number of aryl methyl sites for hydroxylation is 2. The number of hydrogen-bond acceptors (Lipinski definition) is 7. The molecule has 3 heterocycles. The molecule has 0 aliphatic carbocycles. The zero-order valence-corrected chi connectivity index (χ0v) is 22.8. The van der Waals surface area contributed by atoms with E-state index in [2.05, 4.69) is 31.8 Å². The van der Waals surface area contributed by atoms with Crippen LogP contribution in [0.4, 0.5) is 4.79 Å². The summed E-state index contributed by atoms with van der Waals surface area (Å²) in [5, 5.41) is 29.1. The number of hydrogen-bond donors (Lipinski definition) is 2. The van der Waals surface area contributed by atoms with E-state index in [1.54, 1.807) is 54.7 Å². The predicted molar refractivity (Wildman–Crippen MR) is 150 cm³/mol. The smallest absolute Gasteiger partial charge is 0.407 e. The van der Waals surface area contributed by atoms with Crippen LogP contribution >= 0.6 is 0 Å². The van der Waals surface area contributed by atoms with E-state index in [9.17, 15) is 14.9 Å². The number of nitrogens with one attached hydrogen (secondary N) is 2. The third-order valence-electron chi connectivity index (χ3n) is 6.35. The van der Waals surface area contributed by atoms with Crippen LogP contribution in [0, 0.1) is 11.3 Å². The predicted octanol–water partition coefficient (Wildman–Crippen LogP) is 4.29. The highest BCUT2D eigenvalue weighted by atomic mass is 16.6.